The predicted molar refractivity (Wildman–Crippen MR) is 140 cm³/mol. The average molecular weight is 546 g/mol. The Bertz CT molecular complexity index is 1190. The van der Waals surface area contributed by atoms with Crippen LogP contribution in [0.25, 0.3) is 0 Å². The molecule has 210 valence electrons. The third kappa shape index (κ3) is 5.74. The highest BCUT2D eigenvalue weighted by Gasteiger charge is 2.64. The van der Waals surface area contributed by atoms with Gasteiger partial charge in [0, 0.05) is 51.0 Å². The third-order valence-electron chi connectivity index (χ3n) is 7.51. The van der Waals surface area contributed by atoms with Crippen LogP contribution in [-0.2, 0) is 24.7 Å². The number of anilines is 1. The summed E-state index contributed by atoms with van der Waals surface area (Å²) in [5.74, 6) is -2.48. The Morgan fingerprint density at radius 3 is 2.18 bits per heavy atom. The fraction of sp³-hybridized carbons (Fsp3) is 0.483. The highest BCUT2D eigenvalue weighted by Crippen LogP contribution is 2.50. The van der Waals surface area contributed by atoms with E-state index in [2.05, 4.69) is 6.07 Å². The van der Waals surface area contributed by atoms with Crippen molar-refractivity contribution in [3.63, 3.8) is 0 Å². The van der Waals surface area contributed by atoms with Crippen LogP contribution in [0, 0.1) is 16.7 Å². The summed E-state index contributed by atoms with van der Waals surface area (Å²) in [7, 11) is 4.56. The number of methoxy groups -OCH3 is 1. The number of carbonyl (C=O) groups excluding carboxylic acids is 2. The molecule has 1 heterocycles. The van der Waals surface area contributed by atoms with Gasteiger partial charge in [0.15, 0.2) is 0 Å². The van der Waals surface area contributed by atoms with Crippen LogP contribution in [0.15, 0.2) is 54.6 Å². The van der Waals surface area contributed by atoms with Gasteiger partial charge in [-0.05, 0) is 31.4 Å². The predicted octanol–water partition coefficient (Wildman–Crippen LogP) is 5.03. The number of para-hydroxylation sites is 1. The van der Waals surface area contributed by atoms with E-state index in [-0.39, 0.29) is 44.5 Å². The molecule has 0 bridgehead atoms. The van der Waals surface area contributed by atoms with Crippen LogP contribution in [0.5, 0.6) is 0 Å². The zero-order chi connectivity index (χ0) is 28.8. The van der Waals surface area contributed by atoms with E-state index in [9.17, 15) is 28.0 Å². The molecule has 7 nitrogen and oxygen atoms in total. The van der Waals surface area contributed by atoms with Crippen molar-refractivity contribution in [3.8, 4) is 6.07 Å². The highest BCUT2D eigenvalue weighted by atomic mass is 19.4. The number of likely N-dealkylation sites (tertiary alicyclic amines) is 1. The molecular formula is C29H34F3N3O4. The van der Waals surface area contributed by atoms with Crippen LogP contribution in [-0.4, -0.2) is 63.9 Å². The molecule has 0 radical (unpaired) electrons. The molecule has 1 aliphatic heterocycles. The molecule has 3 rings (SSSR count). The van der Waals surface area contributed by atoms with Crippen LogP contribution in [0.2, 0.25) is 0 Å². The number of ether oxygens (including phenoxy) is 2. The van der Waals surface area contributed by atoms with Crippen molar-refractivity contribution < 1.29 is 32.2 Å². The van der Waals surface area contributed by atoms with E-state index in [1.165, 1.54) is 24.3 Å². The third-order valence-corrected chi connectivity index (χ3v) is 7.51. The van der Waals surface area contributed by atoms with Crippen molar-refractivity contribution in [2.45, 2.75) is 43.9 Å². The van der Waals surface area contributed by atoms with Crippen LogP contribution in [0.3, 0.4) is 0 Å². The maximum Gasteiger partial charge on any atom is 0.430 e. The first-order valence-electron chi connectivity index (χ1n) is 12.8. The van der Waals surface area contributed by atoms with E-state index < -0.39 is 35.0 Å². The molecule has 1 aliphatic rings. The molecular weight excluding hydrogens is 511 g/mol. The smallest absolute Gasteiger partial charge is 0.430 e. The van der Waals surface area contributed by atoms with E-state index in [4.69, 9.17) is 9.47 Å². The second-order valence-corrected chi connectivity index (χ2v) is 9.90. The maximum absolute atomic E-state index is 14.5. The van der Waals surface area contributed by atoms with Gasteiger partial charge >= 0.3 is 12.1 Å². The lowest BCUT2D eigenvalue weighted by molar-refractivity contribution is -0.271. The van der Waals surface area contributed by atoms with Gasteiger partial charge in [-0.15, -0.1) is 0 Å². The fourth-order valence-corrected chi connectivity index (χ4v) is 5.52. The molecule has 2 atom stereocenters. The SMILES string of the molecule is CCOC(=O)CC1(C(C#N)c2ccccc2N(C)C)CCN(C(=O)[C@](OC)(c2ccccc2)C(F)(F)F)CC1. The molecule has 1 saturated heterocycles. The molecule has 0 spiro atoms. The monoisotopic (exact) mass is 545 g/mol. The van der Waals surface area contributed by atoms with Crippen molar-refractivity contribution in [2.24, 2.45) is 5.41 Å². The molecule has 10 heteroatoms. The van der Waals surface area contributed by atoms with Crippen molar-refractivity contribution in [1.29, 1.82) is 5.26 Å². The molecule has 1 amide bonds. The van der Waals surface area contributed by atoms with Crippen LogP contribution in [0.4, 0.5) is 18.9 Å². The van der Waals surface area contributed by atoms with Gasteiger partial charge < -0.3 is 19.3 Å². The second kappa shape index (κ2) is 12.1. The molecule has 0 aromatic heterocycles. The zero-order valence-electron chi connectivity index (χ0n) is 22.6. The number of amides is 1. The number of alkyl halides is 3. The highest BCUT2D eigenvalue weighted by molar-refractivity contribution is 5.88. The number of carbonyl (C=O) groups is 2. The summed E-state index contributed by atoms with van der Waals surface area (Å²) < 4.78 is 53.8. The minimum absolute atomic E-state index is 0.0887. The first-order chi connectivity index (χ1) is 18.5. The summed E-state index contributed by atoms with van der Waals surface area (Å²) >= 11 is 0. The van der Waals surface area contributed by atoms with Gasteiger partial charge in [-0.2, -0.15) is 18.4 Å². The van der Waals surface area contributed by atoms with E-state index in [1.54, 1.807) is 19.1 Å². The Morgan fingerprint density at radius 2 is 1.67 bits per heavy atom. The Labute approximate surface area is 227 Å². The lowest BCUT2D eigenvalue weighted by Gasteiger charge is -2.46. The second-order valence-electron chi connectivity index (χ2n) is 9.90. The summed E-state index contributed by atoms with van der Waals surface area (Å²) in [6, 6.07) is 16.5. The lowest BCUT2D eigenvalue weighted by atomic mass is 9.64. The molecule has 0 N–H and O–H groups in total. The molecule has 1 fully saturated rings. The molecule has 39 heavy (non-hydrogen) atoms. The number of piperidine rings is 1. The van der Waals surface area contributed by atoms with Crippen LogP contribution < -0.4 is 4.90 Å². The zero-order valence-corrected chi connectivity index (χ0v) is 22.6. The molecule has 2 aromatic carbocycles. The van der Waals surface area contributed by atoms with E-state index >= 15 is 0 Å². The van der Waals surface area contributed by atoms with Gasteiger partial charge in [0.1, 0.15) is 0 Å². The van der Waals surface area contributed by atoms with E-state index in [0.29, 0.717) is 5.56 Å². The summed E-state index contributed by atoms with van der Waals surface area (Å²) in [6.45, 7) is 1.66. The first kappa shape index (κ1) is 30.0. The fourth-order valence-electron chi connectivity index (χ4n) is 5.52. The number of rotatable bonds is 9. The van der Waals surface area contributed by atoms with Crippen LogP contribution in [0.1, 0.15) is 43.2 Å². The van der Waals surface area contributed by atoms with Gasteiger partial charge in [0.25, 0.3) is 11.5 Å². The Balaban J connectivity index is 2.01. The van der Waals surface area contributed by atoms with E-state index in [1.807, 2.05) is 37.2 Å². The number of benzene rings is 2. The van der Waals surface area contributed by atoms with Crippen molar-refractivity contribution in [3.05, 3.63) is 65.7 Å². The minimum Gasteiger partial charge on any atom is -0.466 e. The van der Waals surface area contributed by atoms with Gasteiger partial charge in [0.2, 0.25) is 0 Å². The Kier molecular flexibility index (Phi) is 9.28. The summed E-state index contributed by atoms with van der Waals surface area (Å²) in [5.41, 5.74) is -2.94. The Hall–Kier alpha value is -3.58. The number of hydrogen-bond acceptors (Lipinski definition) is 6. The average Bonchev–Trinajstić information content (AvgIpc) is 2.90. The number of esters is 1. The number of hydrogen-bond donors (Lipinski definition) is 0. The first-order valence-corrected chi connectivity index (χ1v) is 12.8. The summed E-state index contributed by atoms with van der Waals surface area (Å²) in [6.07, 6.45) is -4.87. The topological polar surface area (TPSA) is 82.9 Å². The lowest BCUT2D eigenvalue weighted by Crippen LogP contribution is -2.59. The van der Waals surface area contributed by atoms with Gasteiger partial charge in [0.05, 0.1) is 25.0 Å². The molecule has 0 aliphatic carbocycles. The normalized spacial score (nSPS) is 17.4. The number of halogens is 3. The Morgan fingerprint density at radius 1 is 1.08 bits per heavy atom. The van der Waals surface area contributed by atoms with Gasteiger partial charge in [-0.3, -0.25) is 9.59 Å². The molecule has 0 saturated carbocycles. The van der Waals surface area contributed by atoms with Crippen molar-refractivity contribution >= 4 is 17.6 Å². The van der Waals surface area contributed by atoms with E-state index in [0.717, 1.165) is 17.7 Å². The molecule has 2 aromatic rings. The largest absolute Gasteiger partial charge is 0.466 e. The standard InChI is InChI=1S/C29H34F3N3O4/c1-5-39-25(36)19-27(23(20-33)22-13-9-10-14-24(22)34(2)3)15-17-35(18-16-27)26(37)28(38-4,29(30,31)32)21-11-7-6-8-12-21/h6-14,23H,5,15-19H2,1-4H3/t23?,28-/m1/s1. The van der Waals surface area contributed by atoms with Crippen LogP contribution >= 0.6 is 0 Å². The minimum atomic E-state index is -5.03. The van der Waals surface area contributed by atoms with Crippen molar-refractivity contribution in [2.75, 3.05) is 45.8 Å². The quantitative estimate of drug-likeness (QED) is 0.412. The summed E-state index contributed by atoms with van der Waals surface area (Å²) in [4.78, 5) is 29.3. The van der Waals surface area contributed by atoms with Gasteiger partial charge in [-0.1, -0.05) is 48.5 Å². The number of nitriles is 1. The van der Waals surface area contributed by atoms with Crippen molar-refractivity contribution in [1.82, 2.24) is 4.90 Å². The maximum atomic E-state index is 14.5. The van der Waals surface area contributed by atoms with Gasteiger partial charge in [-0.25, -0.2) is 0 Å². The molecule has 1 unspecified atom stereocenters. The summed E-state index contributed by atoms with van der Waals surface area (Å²) in [5, 5.41) is 10.4. The number of nitrogens with zero attached hydrogens (tertiary/aromatic N) is 3.